The number of rotatable bonds is 4. The van der Waals surface area contributed by atoms with E-state index in [1.807, 2.05) is 24.3 Å². The van der Waals surface area contributed by atoms with E-state index < -0.39 is 5.97 Å². The number of aliphatic carboxylic acids is 1. The number of benzene rings is 1. The van der Waals surface area contributed by atoms with Gasteiger partial charge in [-0.25, -0.2) is 4.79 Å². The topological polar surface area (TPSA) is 82.8 Å². The zero-order valence-electron chi connectivity index (χ0n) is 13.8. The van der Waals surface area contributed by atoms with Crippen molar-refractivity contribution in [2.45, 2.75) is 37.8 Å². The van der Waals surface area contributed by atoms with Crippen molar-refractivity contribution in [1.82, 2.24) is 0 Å². The highest BCUT2D eigenvalue weighted by Gasteiger charge is 2.41. The SMILES string of the molecule is COc1cc(OC)cc(N2C3CC/C(=C(/C#N)C(=O)O)C2CC3)c1. The second kappa shape index (κ2) is 6.44. The highest BCUT2D eigenvalue weighted by atomic mass is 16.5. The van der Waals surface area contributed by atoms with Gasteiger partial charge in [0.2, 0.25) is 0 Å². The van der Waals surface area contributed by atoms with Crippen LogP contribution in [0.1, 0.15) is 25.7 Å². The van der Waals surface area contributed by atoms with Crippen LogP contribution in [0, 0.1) is 11.3 Å². The molecule has 6 heteroatoms. The molecule has 0 saturated carbocycles. The summed E-state index contributed by atoms with van der Waals surface area (Å²) in [5.74, 6) is 0.248. The Labute approximate surface area is 140 Å². The van der Waals surface area contributed by atoms with Crippen LogP contribution in [-0.4, -0.2) is 37.4 Å². The molecule has 2 bridgehead atoms. The molecule has 3 rings (SSSR count). The summed E-state index contributed by atoms with van der Waals surface area (Å²) in [7, 11) is 3.21. The number of nitriles is 1. The van der Waals surface area contributed by atoms with Crippen LogP contribution in [0.2, 0.25) is 0 Å². The van der Waals surface area contributed by atoms with Crippen LogP contribution in [-0.2, 0) is 4.79 Å². The first kappa shape index (κ1) is 16.2. The standard InChI is InChI=1S/C18H20N2O4/c1-23-13-7-12(8-14(9-13)24-2)20-11-3-5-15(17(20)6-4-11)16(10-19)18(21)22/h7-9,11,17H,3-6H2,1-2H3,(H,21,22)/b16-15+. The Morgan fingerprint density at radius 3 is 2.42 bits per heavy atom. The number of hydrogen-bond donors (Lipinski definition) is 1. The first-order chi connectivity index (χ1) is 11.6. The zero-order valence-corrected chi connectivity index (χ0v) is 13.8. The zero-order chi connectivity index (χ0) is 17.3. The Balaban J connectivity index is 2.06. The minimum Gasteiger partial charge on any atom is -0.497 e. The molecule has 24 heavy (non-hydrogen) atoms. The minimum absolute atomic E-state index is 0.0497. The molecule has 0 spiro atoms. The van der Waals surface area contributed by atoms with Gasteiger partial charge < -0.3 is 19.5 Å². The van der Waals surface area contributed by atoms with Crippen molar-refractivity contribution in [3.63, 3.8) is 0 Å². The number of nitrogens with zero attached hydrogens (tertiary/aromatic N) is 2. The number of anilines is 1. The van der Waals surface area contributed by atoms with Gasteiger partial charge in [0.25, 0.3) is 0 Å². The van der Waals surface area contributed by atoms with E-state index in [0.29, 0.717) is 24.0 Å². The van der Waals surface area contributed by atoms with Gasteiger partial charge in [0, 0.05) is 29.9 Å². The minimum atomic E-state index is -1.14. The number of hydrogen-bond acceptors (Lipinski definition) is 5. The summed E-state index contributed by atoms with van der Waals surface area (Å²) in [5.41, 5.74) is 1.57. The van der Waals surface area contributed by atoms with E-state index in [1.54, 1.807) is 14.2 Å². The summed E-state index contributed by atoms with van der Waals surface area (Å²) in [6.45, 7) is 0. The monoisotopic (exact) mass is 328 g/mol. The highest BCUT2D eigenvalue weighted by molar-refractivity contribution is 5.92. The smallest absolute Gasteiger partial charge is 0.346 e. The molecule has 2 fully saturated rings. The van der Waals surface area contributed by atoms with E-state index >= 15 is 0 Å². The largest absolute Gasteiger partial charge is 0.497 e. The summed E-state index contributed by atoms with van der Waals surface area (Å²) in [5, 5.41) is 18.6. The number of carboxylic acids is 1. The van der Waals surface area contributed by atoms with Gasteiger partial charge in [-0.05, 0) is 31.3 Å². The number of fused-ring (bicyclic) bond motifs is 2. The van der Waals surface area contributed by atoms with E-state index in [4.69, 9.17) is 9.47 Å². The van der Waals surface area contributed by atoms with Gasteiger partial charge >= 0.3 is 5.97 Å². The Bertz CT molecular complexity index is 713. The van der Waals surface area contributed by atoms with Crippen molar-refractivity contribution in [2.24, 2.45) is 0 Å². The lowest BCUT2D eigenvalue weighted by Crippen LogP contribution is -2.42. The van der Waals surface area contributed by atoms with Crippen molar-refractivity contribution >= 4 is 11.7 Å². The third kappa shape index (κ3) is 2.67. The number of carboxylic acid groups (broad SMARTS) is 1. The van der Waals surface area contributed by atoms with Crippen molar-refractivity contribution in [2.75, 3.05) is 19.1 Å². The van der Waals surface area contributed by atoms with E-state index in [2.05, 4.69) is 4.90 Å². The maximum atomic E-state index is 11.4. The van der Waals surface area contributed by atoms with Gasteiger partial charge in [0.05, 0.1) is 20.3 Å². The van der Waals surface area contributed by atoms with Crippen molar-refractivity contribution < 1.29 is 19.4 Å². The molecular weight excluding hydrogens is 308 g/mol. The molecule has 2 saturated heterocycles. The molecule has 2 atom stereocenters. The molecule has 0 aromatic heterocycles. The quantitative estimate of drug-likeness (QED) is 0.676. The number of carbonyl (C=O) groups is 1. The van der Waals surface area contributed by atoms with E-state index in [0.717, 1.165) is 30.5 Å². The van der Waals surface area contributed by atoms with Crippen LogP contribution in [0.3, 0.4) is 0 Å². The normalized spacial score (nSPS) is 24.3. The Hall–Kier alpha value is -2.68. The molecule has 2 aliphatic heterocycles. The van der Waals surface area contributed by atoms with E-state index in [-0.39, 0.29) is 11.6 Å². The molecule has 126 valence electrons. The molecule has 1 aromatic carbocycles. The average molecular weight is 328 g/mol. The van der Waals surface area contributed by atoms with Crippen LogP contribution in [0.5, 0.6) is 11.5 Å². The Morgan fingerprint density at radius 2 is 1.88 bits per heavy atom. The van der Waals surface area contributed by atoms with Gasteiger partial charge in [-0.2, -0.15) is 5.26 Å². The highest BCUT2D eigenvalue weighted by Crippen LogP contribution is 2.44. The maximum Gasteiger partial charge on any atom is 0.346 e. The molecule has 6 nitrogen and oxygen atoms in total. The number of methoxy groups -OCH3 is 2. The molecular formula is C18H20N2O4. The summed E-state index contributed by atoms with van der Waals surface area (Å²) in [6, 6.07) is 7.85. The first-order valence-electron chi connectivity index (χ1n) is 7.97. The second-order valence-corrected chi connectivity index (χ2v) is 6.08. The third-order valence-electron chi connectivity index (χ3n) is 4.93. The van der Waals surface area contributed by atoms with Crippen molar-refractivity contribution in [3.8, 4) is 17.6 Å². The van der Waals surface area contributed by atoms with Gasteiger partial charge in [-0.3, -0.25) is 0 Å². The summed E-state index contributed by atoms with van der Waals surface area (Å²) in [6.07, 6.45) is 3.37. The van der Waals surface area contributed by atoms with Crippen LogP contribution in [0.4, 0.5) is 5.69 Å². The van der Waals surface area contributed by atoms with Crippen LogP contribution < -0.4 is 14.4 Å². The van der Waals surface area contributed by atoms with Gasteiger partial charge in [-0.1, -0.05) is 0 Å². The van der Waals surface area contributed by atoms with Gasteiger partial charge in [0.1, 0.15) is 23.1 Å². The third-order valence-corrected chi connectivity index (χ3v) is 4.93. The van der Waals surface area contributed by atoms with Gasteiger partial charge in [-0.15, -0.1) is 0 Å². The van der Waals surface area contributed by atoms with E-state index in [1.165, 1.54) is 0 Å². The Kier molecular flexibility index (Phi) is 4.34. The van der Waals surface area contributed by atoms with Crippen LogP contribution in [0.25, 0.3) is 0 Å². The van der Waals surface area contributed by atoms with Crippen molar-refractivity contribution in [3.05, 3.63) is 29.3 Å². The fraction of sp³-hybridized carbons (Fsp3) is 0.444. The molecule has 2 heterocycles. The lowest BCUT2D eigenvalue weighted by molar-refractivity contribution is -0.132. The number of ether oxygens (including phenoxy) is 2. The maximum absolute atomic E-state index is 11.4. The summed E-state index contributed by atoms with van der Waals surface area (Å²) >= 11 is 0. The fourth-order valence-corrected chi connectivity index (χ4v) is 3.88. The average Bonchev–Trinajstić information content (AvgIpc) is 2.90. The predicted octanol–water partition coefficient (Wildman–Crippen LogP) is 2.74. The van der Waals surface area contributed by atoms with Crippen molar-refractivity contribution in [1.29, 1.82) is 5.26 Å². The molecule has 0 radical (unpaired) electrons. The van der Waals surface area contributed by atoms with E-state index in [9.17, 15) is 15.2 Å². The predicted molar refractivity (Wildman–Crippen MR) is 88.3 cm³/mol. The molecule has 1 aromatic rings. The molecule has 2 aliphatic rings. The molecule has 1 N–H and O–H groups in total. The van der Waals surface area contributed by atoms with Crippen LogP contribution >= 0.6 is 0 Å². The fourth-order valence-electron chi connectivity index (χ4n) is 3.88. The van der Waals surface area contributed by atoms with Crippen LogP contribution in [0.15, 0.2) is 29.3 Å². The molecule has 0 aliphatic carbocycles. The summed E-state index contributed by atoms with van der Waals surface area (Å²) < 4.78 is 10.7. The van der Waals surface area contributed by atoms with Gasteiger partial charge in [0.15, 0.2) is 0 Å². The number of piperidine rings is 1. The lowest BCUT2D eigenvalue weighted by Gasteiger charge is -2.39. The summed E-state index contributed by atoms with van der Waals surface area (Å²) in [4.78, 5) is 13.6. The molecule has 2 unspecified atom stereocenters. The Morgan fingerprint density at radius 1 is 1.21 bits per heavy atom. The molecule has 0 amide bonds. The first-order valence-corrected chi connectivity index (χ1v) is 7.97. The second-order valence-electron chi connectivity index (χ2n) is 6.08. The lowest BCUT2D eigenvalue weighted by atomic mass is 9.91.